The lowest BCUT2D eigenvalue weighted by Gasteiger charge is -2.16. The highest BCUT2D eigenvalue weighted by molar-refractivity contribution is 5.92. The molecule has 0 fully saturated rings. The lowest BCUT2D eigenvalue weighted by atomic mass is 9.90. The number of nitrogens with zero attached hydrogens (tertiary/aromatic N) is 1. The standard InChI is InChI=1S/C25H26N2O3/c1-29-23-11-10-22(15-24(23)30-17-19-5-4-12-26-16-19)27-25(28)14-18-8-9-20-6-2-3-7-21(20)13-18/h4-5,8-13,15-16H,2-3,6-7,14,17H2,1H3,(H,27,28). The van der Waals surface area contributed by atoms with Gasteiger partial charge in [0, 0.05) is 29.7 Å². The summed E-state index contributed by atoms with van der Waals surface area (Å²) in [4.78, 5) is 16.7. The fourth-order valence-electron chi connectivity index (χ4n) is 3.80. The second kappa shape index (κ2) is 9.44. The van der Waals surface area contributed by atoms with Crippen molar-refractivity contribution in [2.24, 2.45) is 0 Å². The summed E-state index contributed by atoms with van der Waals surface area (Å²) in [5, 5.41) is 2.97. The molecular formula is C25H26N2O3. The number of fused-ring (bicyclic) bond motifs is 1. The van der Waals surface area contributed by atoms with Gasteiger partial charge in [-0.05, 0) is 60.6 Å². The summed E-state index contributed by atoms with van der Waals surface area (Å²) in [6.07, 6.45) is 8.59. The number of ether oxygens (including phenoxy) is 2. The first kappa shape index (κ1) is 20.0. The Bertz CT molecular complexity index is 1020. The first-order valence-electron chi connectivity index (χ1n) is 10.3. The summed E-state index contributed by atoms with van der Waals surface area (Å²) < 4.78 is 11.3. The van der Waals surface area contributed by atoms with Gasteiger partial charge in [0.2, 0.25) is 5.91 Å². The van der Waals surface area contributed by atoms with Crippen LogP contribution in [0, 0.1) is 0 Å². The molecule has 0 radical (unpaired) electrons. The second-order valence-corrected chi connectivity index (χ2v) is 7.55. The molecule has 0 aliphatic heterocycles. The van der Waals surface area contributed by atoms with E-state index >= 15 is 0 Å². The zero-order valence-electron chi connectivity index (χ0n) is 17.2. The first-order chi connectivity index (χ1) is 14.7. The fraction of sp³-hybridized carbons (Fsp3) is 0.280. The van der Waals surface area contributed by atoms with Gasteiger partial charge in [-0.3, -0.25) is 9.78 Å². The third-order valence-electron chi connectivity index (χ3n) is 5.34. The molecule has 3 aromatic rings. The number of aryl methyl sites for hydroxylation is 2. The van der Waals surface area contributed by atoms with E-state index in [1.807, 2.05) is 18.2 Å². The van der Waals surface area contributed by atoms with Crippen LogP contribution < -0.4 is 14.8 Å². The molecule has 2 aromatic carbocycles. The molecule has 4 rings (SSSR count). The molecule has 0 unspecified atom stereocenters. The molecule has 5 heteroatoms. The number of hydrogen-bond donors (Lipinski definition) is 1. The largest absolute Gasteiger partial charge is 0.493 e. The zero-order valence-corrected chi connectivity index (χ0v) is 17.2. The predicted octanol–water partition coefficient (Wildman–Crippen LogP) is 4.73. The monoisotopic (exact) mass is 402 g/mol. The van der Waals surface area contributed by atoms with Gasteiger partial charge in [-0.1, -0.05) is 24.3 Å². The number of rotatable bonds is 7. The molecule has 0 saturated heterocycles. The van der Waals surface area contributed by atoms with E-state index < -0.39 is 0 Å². The third-order valence-corrected chi connectivity index (χ3v) is 5.34. The van der Waals surface area contributed by atoms with Crippen LogP contribution in [0.4, 0.5) is 5.69 Å². The number of methoxy groups -OCH3 is 1. The van der Waals surface area contributed by atoms with Crippen LogP contribution in [0.15, 0.2) is 60.9 Å². The van der Waals surface area contributed by atoms with Crippen molar-refractivity contribution in [3.05, 3.63) is 83.2 Å². The van der Waals surface area contributed by atoms with Crippen LogP contribution in [0.2, 0.25) is 0 Å². The van der Waals surface area contributed by atoms with Crippen LogP contribution in [-0.2, 0) is 30.7 Å². The molecule has 0 bridgehead atoms. The molecule has 1 aromatic heterocycles. The molecule has 30 heavy (non-hydrogen) atoms. The molecule has 1 N–H and O–H groups in total. The quantitative estimate of drug-likeness (QED) is 0.621. The summed E-state index contributed by atoms with van der Waals surface area (Å²) in [5.74, 6) is 1.15. The highest BCUT2D eigenvalue weighted by Gasteiger charge is 2.12. The number of amides is 1. The summed E-state index contributed by atoms with van der Waals surface area (Å²) in [6.45, 7) is 0.372. The molecule has 5 nitrogen and oxygen atoms in total. The summed E-state index contributed by atoms with van der Waals surface area (Å²) in [7, 11) is 1.60. The van der Waals surface area contributed by atoms with Crippen molar-refractivity contribution >= 4 is 11.6 Å². The number of aromatic nitrogens is 1. The predicted molar refractivity (Wildman–Crippen MR) is 117 cm³/mol. The molecule has 0 spiro atoms. The maximum Gasteiger partial charge on any atom is 0.228 e. The lowest BCUT2D eigenvalue weighted by molar-refractivity contribution is -0.115. The van der Waals surface area contributed by atoms with Crippen LogP contribution in [0.3, 0.4) is 0 Å². The van der Waals surface area contributed by atoms with Crippen molar-refractivity contribution in [2.45, 2.75) is 38.7 Å². The van der Waals surface area contributed by atoms with Gasteiger partial charge in [0.1, 0.15) is 6.61 Å². The Morgan fingerprint density at radius 3 is 2.67 bits per heavy atom. The van der Waals surface area contributed by atoms with Crippen molar-refractivity contribution in [2.75, 3.05) is 12.4 Å². The van der Waals surface area contributed by atoms with Crippen molar-refractivity contribution < 1.29 is 14.3 Å². The average Bonchev–Trinajstić information content (AvgIpc) is 2.78. The summed E-state index contributed by atoms with van der Waals surface area (Å²) >= 11 is 0. The molecule has 1 aliphatic rings. The lowest BCUT2D eigenvalue weighted by Crippen LogP contribution is -2.15. The highest BCUT2D eigenvalue weighted by atomic mass is 16.5. The number of carbonyl (C=O) groups is 1. The smallest absolute Gasteiger partial charge is 0.228 e. The Morgan fingerprint density at radius 1 is 1.00 bits per heavy atom. The number of hydrogen-bond acceptors (Lipinski definition) is 4. The van der Waals surface area contributed by atoms with E-state index in [2.05, 4.69) is 28.5 Å². The zero-order chi connectivity index (χ0) is 20.8. The summed E-state index contributed by atoms with van der Waals surface area (Å²) in [5.41, 5.74) is 5.51. The SMILES string of the molecule is COc1ccc(NC(=O)Cc2ccc3c(c2)CCCC3)cc1OCc1cccnc1. The van der Waals surface area contributed by atoms with E-state index in [9.17, 15) is 4.79 Å². The minimum atomic E-state index is -0.0471. The van der Waals surface area contributed by atoms with Crippen LogP contribution >= 0.6 is 0 Å². The van der Waals surface area contributed by atoms with Crippen LogP contribution in [0.5, 0.6) is 11.5 Å². The second-order valence-electron chi connectivity index (χ2n) is 7.55. The van der Waals surface area contributed by atoms with E-state index in [4.69, 9.17) is 9.47 Å². The van der Waals surface area contributed by atoms with Gasteiger partial charge in [-0.15, -0.1) is 0 Å². The average molecular weight is 402 g/mol. The van der Waals surface area contributed by atoms with Crippen molar-refractivity contribution in [1.29, 1.82) is 0 Å². The van der Waals surface area contributed by atoms with Gasteiger partial charge in [0.15, 0.2) is 11.5 Å². The Kier molecular flexibility index (Phi) is 6.28. The molecule has 1 amide bonds. The number of anilines is 1. The maximum atomic E-state index is 12.6. The van der Waals surface area contributed by atoms with Gasteiger partial charge < -0.3 is 14.8 Å². The van der Waals surface area contributed by atoms with E-state index in [0.29, 0.717) is 30.2 Å². The Morgan fingerprint density at radius 2 is 1.87 bits per heavy atom. The minimum absolute atomic E-state index is 0.0471. The van der Waals surface area contributed by atoms with Crippen molar-refractivity contribution in [1.82, 2.24) is 4.98 Å². The van der Waals surface area contributed by atoms with Crippen molar-refractivity contribution in [3.8, 4) is 11.5 Å². The molecule has 1 heterocycles. The van der Waals surface area contributed by atoms with E-state index in [1.165, 1.54) is 24.0 Å². The number of pyridine rings is 1. The first-order valence-corrected chi connectivity index (χ1v) is 10.3. The molecule has 1 aliphatic carbocycles. The van der Waals surface area contributed by atoms with Gasteiger partial charge in [0.05, 0.1) is 13.5 Å². The van der Waals surface area contributed by atoms with Gasteiger partial charge in [0.25, 0.3) is 0 Å². The van der Waals surface area contributed by atoms with Gasteiger partial charge in [-0.2, -0.15) is 0 Å². The molecule has 0 saturated carbocycles. The van der Waals surface area contributed by atoms with E-state index in [1.54, 1.807) is 31.6 Å². The van der Waals surface area contributed by atoms with Crippen LogP contribution in [0.1, 0.15) is 35.1 Å². The van der Waals surface area contributed by atoms with Crippen LogP contribution in [0.25, 0.3) is 0 Å². The fourth-order valence-corrected chi connectivity index (χ4v) is 3.80. The van der Waals surface area contributed by atoms with E-state index in [-0.39, 0.29) is 5.91 Å². The Hall–Kier alpha value is -3.34. The van der Waals surface area contributed by atoms with Gasteiger partial charge >= 0.3 is 0 Å². The number of benzene rings is 2. The summed E-state index contributed by atoms with van der Waals surface area (Å²) in [6, 6.07) is 15.7. The molecular weight excluding hydrogens is 376 g/mol. The minimum Gasteiger partial charge on any atom is -0.493 e. The maximum absolute atomic E-state index is 12.6. The number of nitrogens with one attached hydrogen (secondary N) is 1. The van der Waals surface area contributed by atoms with Crippen molar-refractivity contribution in [3.63, 3.8) is 0 Å². The molecule has 154 valence electrons. The third kappa shape index (κ3) is 4.98. The number of carbonyl (C=O) groups excluding carboxylic acids is 1. The van der Waals surface area contributed by atoms with Gasteiger partial charge in [-0.25, -0.2) is 0 Å². The Labute approximate surface area is 177 Å². The highest BCUT2D eigenvalue weighted by Crippen LogP contribution is 2.31. The molecule has 0 atom stereocenters. The topological polar surface area (TPSA) is 60.5 Å². The van der Waals surface area contributed by atoms with Crippen LogP contribution in [-0.4, -0.2) is 18.0 Å². The van der Waals surface area contributed by atoms with E-state index in [0.717, 1.165) is 24.0 Å². The normalized spacial score (nSPS) is 12.7. The Balaban J connectivity index is 1.41.